The molecule has 2 heterocycles. The molecule has 3 nitrogen and oxygen atoms in total. The summed E-state index contributed by atoms with van der Waals surface area (Å²) in [7, 11) is 0. The zero-order chi connectivity index (χ0) is 14.0. The monoisotopic (exact) mass is 271 g/mol. The van der Waals surface area contributed by atoms with Crippen LogP contribution in [-0.2, 0) is 6.54 Å². The quantitative estimate of drug-likeness (QED) is 0.840. The van der Waals surface area contributed by atoms with Gasteiger partial charge in [0.05, 0.1) is 0 Å². The summed E-state index contributed by atoms with van der Waals surface area (Å²) in [5, 5.41) is 0. The fourth-order valence-electron chi connectivity index (χ4n) is 2.22. The Morgan fingerprint density at radius 3 is 2.68 bits per heavy atom. The highest BCUT2D eigenvalue weighted by Gasteiger charge is 2.35. The molecular formula is C13H16F3N3. The van der Waals surface area contributed by atoms with Crippen LogP contribution in [-0.4, -0.2) is 24.2 Å². The Labute approximate surface area is 109 Å². The smallest absolute Gasteiger partial charge is 0.352 e. The Hall–Kier alpha value is -1.56. The molecule has 0 saturated carbocycles. The van der Waals surface area contributed by atoms with E-state index in [-0.39, 0.29) is 13.0 Å². The molecule has 0 bridgehead atoms. The van der Waals surface area contributed by atoms with Crippen molar-refractivity contribution >= 4 is 5.82 Å². The van der Waals surface area contributed by atoms with Gasteiger partial charge in [0.25, 0.3) is 0 Å². The number of pyridine rings is 1. The predicted molar refractivity (Wildman–Crippen MR) is 67.8 cm³/mol. The molecule has 0 radical (unpaired) electrons. The molecule has 1 aromatic rings. The van der Waals surface area contributed by atoms with E-state index < -0.39 is 11.7 Å². The third kappa shape index (κ3) is 2.89. The summed E-state index contributed by atoms with van der Waals surface area (Å²) < 4.78 is 37.7. The van der Waals surface area contributed by atoms with Gasteiger partial charge in [-0.15, -0.1) is 0 Å². The van der Waals surface area contributed by atoms with E-state index in [1.807, 2.05) is 17.9 Å². The molecule has 0 saturated heterocycles. The maximum Gasteiger partial charge on any atom is 0.412 e. The molecule has 6 heteroatoms. The minimum Gasteiger partial charge on any atom is -0.352 e. The van der Waals surface area contributed by atoms with Crippen LogP contribution in [0.4, 0.5) is 19.0 Å². The number of rotatable bonds is 2. The second-order valence-electron chi connectivity index (χ2n) is 4.56. The summed E-state index contributed by atoms with van der Waals surface area (Å²) in [5.41, 5.74) is 7.15. The molecule has 0 aromatic carbocycles. The Bertz CT molecular complexity index is 494. The minimum absolute atomic E-state index is 0.0108. The Kier molecular flexibility index (Phi) is 3.80. The molecule has 1 aliphatic rings. The van der Waals surface area contributed by atoms with E-state index in [9.17, 15) is 13.2 Å². The first-order chi connectivity index (χ1) is 8.93. The first-order valence-corrected chi connectivity index (χ1v) is 6.09. The average Bonchev–Trinajstić information content (AvgIpc) is 2.37. The third-order valence-corrected chi connectivity index (χ3v) is 3.34. The highest BCUT2D eigenvalue weighted by molar-refractivity contribution is 5.51. The lowest BCUT2D eigenvalue weighted by atomic mass is 10.1. The Balaban J connectivity index is 2.23. The van der Waals surface area contributed by atoms with Crippen molar-refractivity contribution in [2.24, 2.45) is 5.73 Å². The van der Waals surface area contributed by atoms with Gasteiger partial charge in [0.1, 0.15) is 5.82 Å². The van der Waals surface area contributed by atoms with Gasteiger partial charge in [-0.05, 0) is 25.0 Å². The molecule has 19 heavy (non-hydrogen) atoms. The van der Waals surface area contributed by atoms with Crippen molar-refractivity contribution in [3.63, 3.8) is 0 Å². The van der Waals surface area contributed by atoms with Crippen LogP contribution in [0.3, 0.4) is 0 Å². The summed E-state index contributed by atoms with van der Waals surface area (Å²) in [4.78, 5) is 6.09. The number of halogens is 3. The normalized spacial score (nSPS) is 16.5. The summed E-state index contributed by atoms with van der Waals surface area (Å²) >= 11 is 0. The molecule has 2 rings (SSSR count). The van der Waals surface area contributed by atoms with Crippen LogP contribution in [0, 0.1) is 6.92 Å². The summed E-state index contributed by atoms with van der Waals surface area (Å²) in [5.74, 6) is 0.694. The molecule has 2 N–H and O–H groups in total. The Morgan fingerprint density at radius 2 is 2.16 bits per heavy atom. The highest BCUT2D eigenvalue weighted by Crippen LogP contribution is 2.32. The molecular weight excluding hydrogens is 255 g/mol. The van der Waals surface area contributed by atoms with Gasteiger partial charge in [0.2, 0.25) is 0 Å². The molecule has 0 fully saturated rings. The van der Waals surface area contributed by atoms with E-state index >= 15 is 0 Å². The molecule has 0 spiro atoms. The zero-order valence-corrected chi connectivity index (χ0v) is 10.7. The fourth-order valence-corrected chi connectivity index (χ4v) is 2.22. The van der Waals surface area contributed by atoms with Crippen LogP contribution >= 0.6 is 0 Å². The number of aryl methyl sites for hydroxylation is 1. The summed E-state index contributed by atoms with van der Waals surface area (Å²) in [6.45, 7) is 2.79. The van der Waals surface area contributed by atoms with E-state index in [2.05, 4.69) is 4.98 Å². The van der Waals surface area contributed by atoms with Crippen molar-refractivity contribution in [2.45, 2.75) is 26.1 Å². The van der Waals surface area contributed by atoms with E-state index in [4.69, 9.17) is 5.73 Å². The van der Waals surface area contributed by atoms with Gasteiger partial charge in [-0.1, -0.05) is 6.08 Å². The van der Waals surface area contributed by atoms with Crippen LogP contribution in [0.15, 0.2) is 23.9 Å². The van der Waals surface area contributed by atoms with Gasteiger partial charge < -0.3 is 10.6 Å². The van der Waals surface area contributed by atoms with E-state index in [1.54, 1.807) is 6.20 Å². The van der Waals surface area contributed by atoms with Crippen LogP contribution in [0.2, 0.25) is 0 Å². The van der Waals surface area contributed by atoms with Crippen LogP contribution in [0.1, 0.15) is 17.5 Å². The second-order valence-corrected chi connectivity index (χ2v) is 4.56. The molecule has 0 unspecified atom stereocenters. The second kappa shape index (κ2) is 5.21. The molecule has 0 aliphatic carbocycles. The first kappa shape index (κ1) is 13.9. The van der Waals surface area contributed by atoms with E-state index in [0.29, 0.717) is 18.9 Å². The van der Waals surface area contributed by atoms with Crippen molar-refractivity contribution in [1.82, 2.24) is 4.98 Å². The van der Waals surface area contributed by atoms with Crippen molar-refractivity contribution in [3.05, 3.63) is 35.0 Å². The largest absolute Gasteiger partial charge is 0.412 e. The number of hydrogen-bond acceptors (Lipinski definition) is 3. The number of nitrogens with zero attached hydrogens (tertiary/aromatic N) is 2. The lowest BCUT2D eigenvalue weighted by Gasteiger charge is -2.30. The number of aromatic nitrogens is 1. The topological polar surface area (TPSA) is 42.2 Å². The third-order valence-electron chi connectivity index (χ3n) is 3.34. The SMILES string of the molecule is Cc1ccnc(N2CC=C(C(F)(F)F)CC2)c1CN. The molecule has 104 valence electrons. The van der Waals surface area contributed by atoms with Gasteiger partial charge in [0, 0.05) is 37.0 Å². The van der Waals surface area contributed by atoms with E-state index in [1.165, 1.54) is 6.08 Å². The van der Waals surface area contributed by atoms with E-state index in [0.717, 1.165) is 11.1 Å². The van der Waals surface area contributed by atoms with Crippen LogP contribution in [0.5, 0.6) is 0 Å². The molecule has 1 aliphatic heterocycles. The summed E-state index contributed by atoms with van der Waals surface area (Å²) in [6, 6.07) is 1.85. The van der Waals surface area contributed by atoms with Crippen molar-refractivity contribution in [1.29, 1.82) is 0 Å². The molecule has 1 aromatic heterocycles. The van der Waals surface area contributed by atoms with Crippen molar-refractivity contribution < 1.29 is 13.2 Å². The van der Waals surface area contributed by atoms with Crippen molar-refractivity contribution in [3.8, 4) is 0 Å². The standard InChI is InChI=1S/C13H16F3N3/c1-9-2-5-18-12(11(9)8-17)19-6-3-10(4-7-19)13(14,15)16/h2-3,5H,4,6-8,17H2,1H3. The number of anilines is 1. The summed E-state index contributed by atoms with van der Waals surface area (Å²) in [6.07, 6.45) is -1.34. The minimum atomic E-state index is -4.22. The van der Waals surface area contributed by atoms with Gasteiger partial charge in [-0.2, -0.15) is 13.2 Å². The maximum atomic E-state index is 12.6. The molecule has 0 amide bonds. The van der Waals surface area contributed by atoms with Gasteiger partial charge >= 0.3 is 6.18 Å². The number of alkyl halides is 3. The van der Waals surface area contributed by atoms with Gasteiger partial charge in [-0.3, -0.25) is 0 Å². The molecule has 0 atom stereocenters. The van der Waals surface area contributed by atoms with Gasteiger partial charge in [-0.25, -0.2) is 4.98 Å². The number of nitrogens with two attached hydrogens (primary N) is 1. The van der Waals surface area contributed by atoms with Crippen LogP contribution < -0.4 is 10.6 Å². The fraction of sp³-hybridized carbons (Fsp3) is 0.462. The van der Waals surface area contributed by atoms with Crippen LogP contribution in [0.25, 0.3) is 0 Å². The van der Waals surface area contributed by atoms with Crippen molar-refractivity contribution in [2.75, 3.05) is 18.0 Å². The average molecular weight is 271 g/mol. The number of hydrogen-bond donors (Lipinski definition) is 1. The maximum absolute atomic E-state index is 12.6. The van der Waals surface area contributed by atoms with Gasteiger partial charge in [0.15, 0.2) is 0 Å². The highest BCUT2D eigenvalue weighted by atomic mass is 19.4. The first-order valence-electron chi connectivity index (χ1n) is 6.09. The zero-order valence-electron chi connectivity index (χ0n) is 10.7. The predicted octanol–water partition coefficient (Wildman–Crippen LogP) is 2.55. The lowest BCUT2D eigenvalue weighted by molar-refractivity contribution is -0.0944. The Morgan fingerprint density at radius 1 is 1.42 bits per heavy atom. The lowest BCUT2D eigenvalue weighted by Crippen LogP contribution is -2.33.